The minimum Gasteiger partial charge on any atom is -0.478 e. The topological polar surface area (TPSA) is 93.1 Å². The van der Waals surface area contributed by atoms with E-state index in [-0.39, 0.29) is 32.6 Å². The van der Waals surface area contributed by atoms with Gasteiger partial charge in [-0.1, -0.05) is 29.3 Å². The lowest BCUT2D eigenvalue weighted by atomic mass is 10.1. The number of esters is 2. The van der Waals surface area contributed by atoms with Gasteiger partial charge in [-0.3, -0.25) is 0 Å². The summed E-state index contributed by atoms with van der Waals surface area (Å²) < 4.78 is 9.46. The maximum Gasteiger partial charge on any atom is 0.355 e. The van der Waals surface area contributed by atoms with E-state index in [0.717, 1.165) is 19.1 Å². The zero-order valence-corrected chi connectivity index (χ0v) is 15.2. The van der Waals surface area contributed by atoms with Gasteiger partial charge < -0.3 is 19.5 Å². The number of carbonyl (C=O) groups is 3. The molecule has 0 aliphatic carbocycles. The fraction of sp³-hybridized carbons (Fsp3) is 0.118. The van der Waals surface area contributed by atoms with E-state index in [1.54, 1.807) is 0 Å². The number of carbonyl (C=O) groups excluding carboxylic acids is 2. The van der Waals surface area contributed by atoms with Crippen LogP contribution < -0.4 is 4.90 Å². The Balaban J connectivity index is 2.84. The number of nitrogens with zero attached hydrogens (tertiary/aromatic N) is 1. The van der Waals surface area contributed by atoms with Crippen LogP contribution in [0.1, 0.15) is 10.4 Å². The van der Waals surface area contributed by atoms with Gasteiger partial charge in [0.05, 0.1) is 36.1 Å². The average molecular weight is 398 g/mol. The number of anilines is 1. The van der Waals surface area contributed by atoms with Crippen LogP contribution in [-0.2, 0) is 19.1 Å². The lowest BCUT2D eigenvalue weighted by Crippen LogP contribution is -2.28. The van der Waals surface area contributed by atoms with Crippen LogP contribution in [0.2, 0.25) is 10.0 Å². The van der Waals surface area contributed by atoms with Crippen molar-refractivity contribution in [1.82, 2.24) is 0 Å². The predicted molar refractivity (Wildman–Crippen MR) is 95.2 cm³/mol. The van der Waals surface area contributed by atoms with Gasteiger partial charge in [0.25, 0.3) is 0 Å². The quantitative estimate of drug-likeness (QED) is 0.779. The van der Waals surface area contributed by atoms with E-state index in [9.17, 15) is 19.5 Å². The van der Waals surface area contributed by atoms with Gasteiger partial charge in [0.1, 0.15) is 5.70 Å². The first kappa shape index (κ1) is 19.6. The van der Waals surface area contributed by atoms with Crippen LogP contribution in [0.25, 0.3) is 0 Å². The Morgan fingerprint density at radius 2 is 1.69 bits per heavy atom. The molecule has 0 unspecified atom stereocenters. The molecule has 0 amide bonds. The molecule has 0 radical (unpaired) electrons. The van der Waals surface area contributed by atoms with Crippen LogP contribution in [0.4, 0.5) is 5.69 Å². The van der Waals surface area contributed by atoms with Crippen molar-refractivity contribution in [1.29, 1.82) is 0 Å². The lowest BCUT2D eigenvalue weighted by molar-refractivity contribution is -0.139. The molecule has 1 N–H and O–H groups in total. The molecule has 136 valence electrons. The average Bonchev–Trinajstić information content (AvgIpc) is 2.82. The number of hydrogen-bond donors (Lipinski definition) is 1. The van der Waals surface area contributed by atoms with E-state index in [0.29, 0.717) is 0 Å². The number of methoxy groups -OCH3 is 2. The summed E-state index contributed by atoms with van der Waals surface area (Å²) in [5.74, 6) is -3.01. The van der Waals surface area contributed by atoms with Crippen LogP contribution in [0.5, 0.6) is 0 Å². The molecule has 1 aromatic rings. The first-order valence-corrected chi connectivity index (χ1v) is 7.84. The summed E-state index contributed by atoms with van der Waals surface area (Å²) >= 11 is 12.1. The number of allylic oxidation sites excluding steroid dienone is 2. The molecule has 1 aromatic carbocycles. The molecular weight excluding hydrogens is 385 g/mol. The second-order valence-corrected chi connectivity index (χ2v) is 5.75. The summed E-state index contributed by atoms with van der Waals surface area (Å²) in [6, 6.07) is 2.51. The molecule has 0 atom stereocenters. The number of rotatable bonds is 4. The first-order chi connectivity index (χ1) is 12.3. The normalized spacial score (nSPS) is 13.5. The molecule has 2 rings (SSSR count). The third-order valence-corrected chi connectivity index (χ3v) is 3.90. The standard InChI is InChI=1S/C17H13Cl2NO6/c1-25-16(23)10-5-3-4-6-20(14(10)17(24)26-2)13-11(15(21)22)7-9(18)8-12(13)19/h3-8H,1-2H3,(H,21,22). The highest BCUT2D eigenvalue weighted by Gasteiger charge is 2.31. The van der Waals surface area contributed by atoms with Crippen LogP contribution in [0.15, 0.2) is 47.8 Å². The van der Waals surface area contributed by atoms with Gasteiger partial charge in [-0.25, -0.2) is 14.4 Å². The summed E-state index contributed by atoms with van der Waals surface area (Å²) in [5, 5.41) is 9.58. The molecule has 0 aromatic heterocycles. The maximum absolute atomic E-state index is 12.4. The Morgan fingerprint density at radius 3 is 2.27 bits per heavy atom. The van der Waals surface area contributed by atoms with Crippen molar-refractivity contribution in [3.63, 3.8) is 0 Å². The van der Waals surface area contributed by atoms with E-state index in [1.807, 2.05) is 0 Å². The van der Waals surface area contributed by atoms with Crippen molar-refractivity contribution in [2.75, 3.05) is 19.1 Å². The van der Waals surface area contributed by atoms with Crippen molar-refractivity contribution in [2.24, 2.45) is 0 Å². The highest BCUT2D eigenvalue weighted by Crippen LogP contribution is 2.37. The highest BCUT2D eigenvalue weighted by molar-refractivity contribution is 6.37. The predicted octanol–water partition coefficient (Wildman–Crippen LogP) is 3.18. The molecule has 9 heteroatoms. The number of ether oxygens (including phenoxy) is 2. The van der Waals surface area contributed by atoms with E-state index in [2.05, 4.69) is 0 Å². The van der Waals surface area contributed by atoms with Crippen molar-refractivity contribution < 1.29 is 29.0 Å². The highest BCUT2D eigenvalue weighted by atomic mass is 35.5. The van der Waals surface area contributed by atoms with Crippen LogP contribution in [0.3, 0.4) is 0 Å². The minimum atomic E-state index is -1.32. The molecule has 1 heterocycles. The molecule has 1 aliphatic heterocycles. The van der Waals surface area contributed by atoms with E-state index >= 15 is 0 Å². The number of carboxylic acid groups (broad SMARTS) is 1. The number of hydrogen-bond acceptors (Lipinski definition) is 6. The minimum absolute atomic E-state index is 0.0351. The fourth-order valence-corrected chi connectivity index (χ4v) is 2.90. The molecule has 0 fully saturated rings. The van der Waals surface area contributed by atoms with Crippen molar-refractivity contribution >= 4 is 46.8 Å². The second kappa shape index (κ2) is 8.07. The third-order valence-electron chi connectivity index (χ3n) is 3.39. The summed E-state index contributed by atoms with van der Waals surface area (Å²) in [5.41, 5.74) is -0.701. The Labute approximate surface area is 158 Å². The van der Waals surface area contributed by atoms with Gasteiger partial charge in [0.2, 0.25) is 0 Å². The maximum atomic E-state index is 12.4. The first-order valence-electron chi connectivity index (χ1n) is 7.09. The van der Waals surface area contributed by atoms with E-state index in [4.69, 9.17) is 32.7 Å². The Bertz CT molecular complexity index is 872. The number of halogens is 2. The summed E-state index contributed by atoms with van der Waals surface area (Å²) in [6.45, 7) is 0. The number of benzene rings is 1. The Morgan fingerprint density at radius 1 is 1.04 bits per heavy atom. The Hall–Kier alpha value is -2.77. The SMILES string of the molecule is COC(=O)C1=C(C(=O)OC)N(c2c(Cl)cc(Cl)cc2C(=O)O)C=CC=C1. The van der Waals surface area contributed by atoms with Crippen LogP contribution in [-0.4, -0.2) is 37.2 Å². The van der Waals surface area contributed by atoms with Gasteiger partial charge in [0.15, 0.2) is 0 Å². The van der Waals surface area contributed by atoms with Crippen molar-refractivity contribution in [3.05, 3.63) is 63.4 Å². The van der Waals surface area contributed by atoms with Crippen molar-refractivity contribution in [2.45, 2.75) is 0 Å². The third kappa shape index (κ3) is 3.74. The zero-order chi connectivity index (χ0) is 19.4. The number of carboxylic acids is 1. The molecule has 7 nitrogen and oxygen atoms in total. The molecule has 26 heavy (non-hydrogen) atoms. The molecule has 1 aliphatic rings. The lowest BCUT2D eigenvalue weighted by Gasteiger charge is -2.25. The fourth-order valence-electron chi connectivity index (χ4n) is 2.31. The second-order valence-electron chi connectivity index (χ2n) is 4.91. The molecular formula is C17H13Cl2NO6. The monoisotopic (exact) mass is 397 g/mol. The zero-order valence-electron chi connectivity index (χ0n) is 13.7. The smallest absolute Gasteiger partial charge is 0.355 e. The summed E-state index contributed by atoms with van der Waals surface area (Å²) in [4.78, 5) is 37.3. The van der Waals surface area contributed by atoms with Gasteiger partial charge in [-0.05, 0) is 24.3 Å². The van der Waals surface area contributed by atoms with Gasteiger partial charge in [-0.15, -0.1) is 0 Å². The van der Waals surface area contributed by atoms with Gasteiger partial charge >= 0.3 is 17.9 Å². The molecule has 0 saturated carbocycles. The Kier molecular flexibility index (Phi) is 6.07. The van der Waals surface area contributed by atoms with E-state index in [1.165, 1.54) is 36.6 Å². The summed E-state index contributed by atoms with van der Waals surface area (Å²) in [6.07, 6.45) is 5.70. The van der Waals surface area contributed by atoms with Crippen molar-refractivity contribution in [3.8, 4) is 0 Å². The van der Waals surface area contributed by atoms with Crippen LogP contribution in [0, 0.1) is 0 Å². The largest absolute Gasteiger partial charge is 0.478 e. The molecule has 0 bridgehead atoms. The van der Waals surface area contributed by atoms with E-state index < -0.39 is 17.9 Å². The van der Waals surface area contributed by atoms with Gasteiger partial charge in [0, 0.05) is 11.2 Å². The number of aromatic carboxylic acids is 1. The molecule has 0 spiro atoms. The van der Waals surface area contributed by atoms with Crippen LogP contribution >= 0.6 is 23.2 Å². The van der Waals surface area contributed by atoms with Gasteiger partial charge in [-0.2, -0.15) is 0 Å². The summed E-state index contributed by atoms with van der Waals surface area (Å²) in [7, 11) is 2.28. The molecule has 0 saturated heterocycles.